The number of hydrogen-bond donors (Lipinski definition) is 6. The van der Waals surface area contributed by atoms with Crippen LogP contribution in [0.2, 0.25) is 0 Å². The van der Waals surface area contributed by atoms with Gasteiger partial charge in [0.2, 0.25) is 29.5 Å². The molecule has 0 radical (unpaired) electrons. The number of amides is 6. The minimum absolute atomic E-state index is 0.0387. The molecule has 2 aliphatic heterocycles. The number of likely N-dealkylation sites (tertiary alicyclic amines) is 1. The highest BCUT2D eigenvalue weighted by molar-refractivity contribution is 5.91. The quantitative estimate of drug-likeness (QED) is 0.0514. The van der Waals surface area contributed by atoms with Gasteiger partial charge in [-0.3, -0.25) is 43.3 Å². The predicted octanol–water partition coefficient (Wildman–Crippen LogP) is 5.03. The number of carbonyl (C=O) groups is 7. The standard InChI is InChI=1S/C57H95N9O11/c1-12-38(6)51(64(9)56(72)49(36(2)3)62-54(70)50(37(4)5)63(8)29-19-13-14-27-47(67)59-28-18-17-24-42(58)57(73)74)46(75-10)34-48(68)65-30-22-26-45(65)52(76-11)39(7)53(69)61-44(55(71)66-31-20-21-32-77-66)33-40-35-60-43-25-16-15-23-41(40)43/h15-16,23,25,35-39,42,44-46,49-52,60H,12-14,17-22,24,26-34,58H2,1-11H3,(H,59,67)(H,61,69)(H,62,70)(H,73,74)/t38-,39+,42?,44-,45-,46+,49-,50?,51-,52+/m0/s1. The number of para-hydroxylation sites is 1. The fourth-order valence-corrected chi connectivity index (χ4v) is 11.1. The van der Waals surface area contributed by atoms with E-state index in [-0.39, 0.29) is 66.0 Å². The van der Waals surface area contributed by atoms with Crippen LogP contribution < -0.4 is 21.7 Å². The van der Waals surface area contributed by atoms with Gasteiger partial charge in [0, 0.05) is 70.8 Å². The number of H-pyrrole nitrogens is 1. The molecule has 2 aromatic rings. The van der Waals surface area contributed by atoms with Crippen LogP contribution in [0.25, 0.3) is 10.9 Å². The number of hydrogen-bond acceptors (Lipinski definition) is 12. The lowest BCUT2D eigenvalue weighted by molar-refractivity contribution is -0.199. The predicted molar refractivity (Wildman–Crippen MR) is 296 cm³/mol. The number of nitrogens with two attached hydrogens (primary N) is 1. The molecule has 2 unspecified atom stereocenters. The molecular formula is C57H95N9O11. The van der Waals surface area contributed by atoms with Crippen molar-refractivity contribution in [2.45, 2.75) is 187 Å². The number of aliphatic carboxylic acids is 1. The van der Waals surface area contributed by atoms with E-state index >= 15 is 0 Å². The largest absolute Gasteiger partial charge is 0.480 e. The van der Waals surface area contributed by atoms with E-state index < -0.39 is 60.3 Å². The van der Waals surface area contributed by atoms with E-state index in [1.807, 2.05) is 84.0 Å². The maximum Gasteiger partial charge on any atom is 0.320 e. The number of carboxylic acids is 1. The molecule has 77 heavy (non-hydrogen) atoms. The van der Waals surface area contributed by atoms with Crippen LogP contribution in [0.5, 0.6) is 0 Å². The Morgan fingerprint density at radius 2 is 1.61 bits per heavy atom. The summed E-state index contributed by atoms with van der Waals surface area (Å²) in [4.78, 5) is 110. The number of fused-ring (bicyclic) bond motifs is 1. The summed E-state index contributed by atoms with van der Waals surface area (Å²) in [6.45, 7) is 16.0. The first-order valence-electron chi connectivity index (χ1n) is 28.3. The number of likely N-dealkylation sites (N-methyl/N-ethyl adjacent to an activating group) is 2. The van der Waals surface area contributed by atoms with Crippen molar-refractivity contribution in [1.82, 2.24) is 40.7 Å². The number of carboxylic acid groups (broad SMARTS) is 1. The van der Waals surface area contributed by atoms with Gasteiger partial charge in [-0.05, 0) is 101 Å². The maximum absolute atomic E-state index is 14.7. The first kappa shape index (κ1) is 64.4. The van der Waals surface area contributed by atoms with Gasteiger partial charge in [0.1, 0.15) is 18.1 Å². The summed E-state index contributed by atoms with van der Waals surface area (Å²) in [5.41, 5.74) is 7.36. The van der Waals surface area contributed by atoms with E-state index in [1.165, 1.54) is 12.2 Å². The Morgan fingerprint density at radius 1 is 0.883 bits per heavy atom. The van der Waals surface area contributed by atoms with E-state index in [1.54, 1.807) is 30.9 Å². The van der Waals surface area contributed by atoms with Crippen LogP contribution in [-0.2, 0) is 54.3 Å². The second kappa shape index (κ2) is 32.1. The van der Waals surface area contributed by atoms with E-state index in [0.29, 0.717) is 84.2 Å². The first-order valence-corrected chi connectivity index (χ1v) is 28.3. The van der Waals surface area contributed by atoms with Crippen LogP contribution in [0.4, 0.5) is 0 Å². The zero-order chi connectivity index (χ0) is 56.9. The Balaban J connectivity index is 1.39. The van der Waals surface area contributed by atoms with Crippen LogP contribution in [0.3, 0.4) is 0 Å². The highest BCUT2D eigenvalue weighted by atomic mass is 16.7. The molecular weight excluding hydrogens is 987 g/mol. The third kappa shape index (κ3) is 18.5. The Bertz CT molecular complexity index is 2200. The van der Waals surface area contributed by atoms with E-state index in [0.717, 1.165) is 42.1 Å². The number of rotatable bonds is 33. The molecule has 2 fully saturated rings. The summed E-state index contributed by atoms with van der Waals surface area (Å²) in [5, 5.41) is 20.3. The summed E-state index contributed by atoms with van der Waals surface area (Å²) < 4.78 is 12.2. The molecule has 0 bridgehead atoms. The van der Waals surface area contributed by atoms with Gasteiger partial charge in [0.05, 0.1) is 49.3 Å². The molecule has 3 heterocycles. The van der Waals surface area contributed by atoms with Gasteiger partial charge in [0.25, 0.3) is 5.91 Å². The van der Waals surface area contributed by atoms with Crippen molar-refractivity contribution in [3.8, 4) is 0 Å². The molecule has 1 aromatic heterocycles. The fraction of sp³-hybridized carbons (Fsp3) is 0.737. The molecule has 10 atom stereocenters. The number of aromatic amines is 1. The van der Waals surface area contributed by atoms with Gasteiger partial charge in [-0.15, -0.1) is 0 Å². The van der Waals surface area contributed by atoms with Gasteiger partial charge in [-0.2, -0.15) is 0 Å². The van der Waals surface area contributed by atoms with Crippen molar-refractivity contribution in [2.24, 2.45) is 29.4 Å². The molecule has 20 heteroatoms. The van der Waals surface area contributed by atoms with Crippen molar-refractivity contribution >= 4 is 52.3 Å². The molecule has 0 aliphatic carbocycles. The Labute approximate surface area is 457 Å². The zero-order valence-electron chi connectivity index (χ0n) is 48.1. The van der Waals surface area contributed by atoms with Crippen LogP contribution in [0, 0.1) is 23.7 Å². The van der Waals surface area contributed by atoms with Crippen LogP contribution >= 0.6 is 0 Å². The lowest BCUT2D eigenvalue weighted by atomic mass is 9.89. The van der Waals surface area contributed by atoms with Crippen molar-refractivity contribution in [1.29, 1.82) is 0 Å². The van der Waals surface area contributed by atoms with Crippen LogP contribution in [0.15, 0.2) is 30.5 Å². The highest BCUT2D eigenvalue weighted by Gasteiger charge is 2.44. The lowest BCUT2D eigenvalue weighted by Gasteiger charge is -2.41. The molecule has 4 rings (SSSR count). The maximum atomic E-state index is 14.7. The monoisotopic (exact) mass is 1080 g/mol. The molecule has 7 N–H and O–H groups in total. The molecule has 2 saturated heterocycles. The molecule has 2 aliphatic rings. The molecule has 6 amide bonds. The smallest absolute Gasteiger partial charge is 0.320 e. The number of benzene rings is 1. The van der Waals surface area contributed by atoms with Crippen LogP contribution in [-0.4, -0.2) is 181 Å². The summed E-state index contributed by atoms with van der Waals surface area (Å²) in [5.74, 6) is -3.70. The summed E-state index contributed by atoms with van der Waals surface area (Å²) in [7, 11) is 6.71. The summed E-state index contributed by atoms with van der Waals surface area (Å²) in [6.07, 6.45) is 8.52. The number of aromatic nitrogens is 1. The molecule has 0 saturated carbocycles. The molecule has 20 nitrogen and oxygen atoms in total. The minimum atomic E-state index is -1.03. The minimum Gasteiger partial charge on any atom is -0.480 e. The zero-order valence-corrected chi connectivity index (χ0v) is 48.1. The normalized spacial score (nSPS) is 18.6. The number of methoxy groups -OCH3 is 2. The van der Waals surface area contributed by atoms with E-state index in [2.05, 4.69) is 20.9 Å². The molecule has 1 aromatic carbocycles. The third-order valence-electron chi connectivity index (χ3n) is 15.8. The van der Waals surface area contributed by atoms with Crippen molar-refractivity contribution < 1.29 is 53.0 Å². The van der Waals surface area contributed by atoms with Gasteiger partial charge < -0.3 is 51.0 Å². The average Bonchev–Trinajstić information content (AvgIpc) is 4.08. The van der Waals surface area contributed by atoms with Gasteiger partial charge in [-0.1, -0.05) is 79.5 Å². The van der Waals surface area contributed by atoms with Gasteiger partial charge in [0.15, 0.2) is 0 Å². The van der Waals surface area contributed by atoms with Crippen LogP contribution in [0.1, 0.15) is 138 Å². The average molecular weight is 1080 g/mol. The number of carbonyl (C=O) groups excluding carboxylic acids is 6. The number of nitrogens with zero attached hydrogens (tertiary/aromatic N) is 4. The van der Waals surface area contributed by atoms with Crippen molar-refractivity contribution in [3.63, 3.8) is 0 Å². The Morgan fingerprint density at radius 3 is 2.25 bits per heavy atom. The molecule has 434 valence electrons. The van der Waals surface area contributed by atoms with E-state index in [9.17, 15) is 33.6 Å². The first-order chi connectivity index (χ1) is 36.7. The number of hydroxylamine groups is 2. The topological polar surface area (TPSA) is 258 Å². The third-order valence-corrected chi connectivity index (χ3v) is 15.8. The van der Waals surface area contributed by atoms with Crippen molar-refractivity contribution in [2.75, 3.05) is 61.1 Å². The molecule has 0 spiro atoms. The van der Waals surface area contributed by atoms with Gasteiger partial charge >= 0.3 is 5.97 Å². The van der Waals surface area contributed by atoms with Crippen molar-refractivity contribution in [3.05, 3.63) is 36.0 Å². The highest BCUT2D eigenvalue weighted by Crippen LogP contribution is 2.30. The second-order valence-corrected chi connectivity index (χ2v) is 22.2. The lowest BCUT2D eigenvalue weighted by Crippen LogP contribution is -2.60. The van der Waals surface area contributed by atoms with E-state index in [4.69, 9.17) is 25.2 Å². The SMILES string of the molecule is CC[C@H](C)[C@@H]([C@@H](CC(=O)N1CCC[C@H]1[C@H](OC)[C@@H](C)C(=O)N[C@@H](Cc1c[nH]c2ccccc12)C(=O)N1CCCCO1)OC)N(C)C(=O)[C@@H](NC(=O)C(C(C)C)N(C)CCCCCC(=O)NCCCCC(N)C(=O)O)C(C)C. The van der Waals surface area contributed by atoms with Gasteiger partial charge in [-0.25, -0.2) is 5.06 Å². The summed E-state index contributed by atoms with van der Waals surface area (Å²) >= 11 is 0. The second-order valence-electron chi connectivity index (χ2n) is 22.2. The Kier molecular flexibility index (Phi) is 26.8. The Hall–Kier alpha value is -5.15. The fourth-order valence-electron chi connectivity index (χ4n) is 11.1. The number of nitrogens with one attached hydrogen (secondary N) is 4. The summed E-state index contributed by atoms with van der Waals surface area (Å²) in [6, 6.07) is 3.64. The number of ether oxygens (including phenoxy) is 2. The number of unbranched alkanes of at least 4 members (excludes halogenated alkanes) is 3.